The van der Waals surface area contributed by atoms with E-state index in [1.165, 1.54) is 12.1 Å². The summed E-state index contributed by atoms with van der Waals surface area (Å²) in [4.78, 5) is 23.2. The highest BCUT2D eigenvalue weighted by atomic mass is 35.5. The third kappa shape index (κ3) is 5.72. The van der Waals surface area contributed by atoms with Gasteiger partial charge in [-0.05, 0) is 36.4 Å². The molecule has 0 fully saturated rings. The molecular formula is C16H12Cl2FNO4. The molecule has 0 unspecified atom stereocenters. The fourth-order valence-corrected chi connectivity index (χ4v) is 2.06. The Morgan fingerprint density at radius 3 is 2.58 bits per heavy atom. The first-order valence-electron chi connectivity index (χ1n) is 6.73. The molecule has 1 amide bonds. The van der Waals surface area contributed by atoms with E-state index < -0.39 is 24.3 Å². The van der Waals surface area contributed by atoms with Crippen molar-refractivity contribution < 1.29 is 23.5 Å². The molecule has 1 N–H and O–H groups in total. The highest BCUT2D eigenvalue weighted by Crippen LogP contribution is 2.22. The van der Waals surface area contributed by atoms with Crippen LogP contribution in [0.25, 0.3) is 0 Å². The molecule has 2 rings (SSSR count). The summed E-state index contributed by atoms with van der Waals surface area (Å²) >= 11 is 11.6. The van der Waals surface area contributed by atoms with Crippen LogP contribution in [0.1, 0.15) is 0 Å². The van der Waals surface area contributed by atoms with Gasteiger partial charge >= 0.3 is 5.97 Å². The lowest BCUT2D eigenvalue weighted by Gasteiger charge is -2.09. The number of carbonyl (C=O) groups is 2. The maximum atomic E-state index is 12.9. The van der Waals surface area contributed by atoms with Gasteiger partial charge in [0, 0.05) is 5.02 Å². The van der Waals surface area contributed by atoms with Crippen LogP contribution in [0.15, 0.2) is 42.5 Å². The van der Waals surface area contributed by atoms with Crippen LogP contribution in [0.3, 0.4) is 0 Å². The number of rotatable bonds is 6. The second-order valence-corrected chi connectivity index (χ2v) is 5.42. The third-order valence-electron chi connectivity index (χ3n) is 2.72. The van der Waals surface area contributed by atoms with Gasteiger partial charge < -0.3 is 14.8 Å². The van der Waals surface area contributed by atoms with Crippen LogP contribution in [0.2, 0.25) is 10.0 Å². The zero-order chi connectivity index (χ0) is 17.5. The summed E-state index contributed by atoms with van der Waals surface area (Å²) in [5.74, 6) is -1.46. The maximum Gasteiger partial charge on any atom is 0.344 e. The van der Waals surface area contributed by atoms with Crippen molar-refractivity contribution in [2.45, 2.75) is 0 Å². The summed E-state index contributed by atoms with van der Waals surface area (Å²) in [5.41, 5.74) is 0.217. The molecule has 0 spiro atoms. The van der Waals surface area contributed by atoms with Gasteiger partial charge in [0.1, 0.15) is 11.6 Å². The van der Waals surface area contributed by atoms with E-state index in [0.29, 0.717) is 10.8 Å². The lowest BCUT2D eigenvalue weighted by atomic mass is 10.3. The quantitative estimate of drug-likeness (QED) is 0.786. The van der Waals surface area contributed by atoms with Crippen LogP contribution in [-0.2, 0) is 14.3 Å². The van der Waals surface area contributed by atoms with E-state index >= 15 is 0 Å². The van der Waals surface area contributed by atoms with Crippen molar-refractivity contribution in [1.29, 1.82) is 0 Å². The fraction of sp³-hybridized carbons (Fsp3) is 0.125. The second kappa shape index (κ2) is 8.52. The normalized spacial score (nSPS) is 10.1. The Morgan fingerprint density at radius 2 is 1.88 bits per heavy atom. The fourth-order valence-electron chi connectivity index (χ4n) is 1.66. The monoisotopic (exact) mass is 371 g/mol. The molecular weight excluding hydrogens is 360 g/mol. The van der Waals surface area contributed by atoms with Crippen LogP contribution in [0.4, 0.5) is 10.1 Å². The van der Waals surface area contributed by atoms with E-state index in [0.717, 1.165) is 12.1 Å². The molecule has 0 bridgehead atoms. The summed E-state index contributed by atoms with van der Waals surface area (Å²) in [6.07, 6.45) is 0. The van der Waals surface area contributed by atoms with E-state index in [1.54, 1.807) is 18.2 Å². The minimum Gasteiger partial charge on any atom is -0.482 e. The van der Waals surface area contributed by atoms with Crippen LogP contribution >= 0.6 is 23.2 Å². The number of carbonyl (C=O) groups excluding carboxylic acids is 2. The molecule has 0 aliphatic heterocycles. The van der Waals surface area contributed by atoms with Gasteiger partial charge in [0.15, 0.2) is 13.2 Å². The van der Waals surface area contributed by atoms with E-state index in [-0.39, 0.29) is 17.3 Å². The number of hydrogen-bond donors (Lipinski definition) is 1. The lowest BCUT2D eigenvalue weighted by molar-refractivity contribution is -0.149. The Balaban J connectivity index is 1.75. The van der Waals surface area contributed by atoms with Gasteiger partial charge in [0.2, 0.25) is 0 Å². The van der Waals surface area contributed by atoms with Crippen molar-refractivity contribution in [2.24, 2.45) is 0 Å². The molecule has 24 heavy (non-hydrogen) atoms. The van der Waals surface area contributed by atoms with Gasteiger partial charge in [-0.2, -0.15) is 0 Å². The van der Waals surface area contributed by atoms with E-state index in [4.69, 9.17) is 32.7 Å². The number of amides is 1. The van der Waals surface area contributed by atoms with Gasteiger partial charge in [0.25, 0.3) is 5.91 Å². The Morgan fingerprint density at radius 1 is 1.08 bits per heavy atom. The van der Waals surface area contributed by atoms with Gasteiger partial charge in [-0.3, -0.25) is 4.79 Å². The van der Waals surface area contributed by atoms with Crippen molar-refractivity contribution in [3.8, 4) is 5.75 Å². The van der Waals surface area contributed by atoms with Crippen molar-refractivity contribution in [3.05, 3.63) is 58.3 Å². The first-order valence-corrected chi connectivity index (χ1v) is 7.48. The van der Waals surface area contributed by atoms with Gasteiger partial charge in [-0.15, -0.1) is 0 Å². The largest absolute Gasteiger partial charge is 0.482 e. The number of halogens is 3. The van der Waals surface area contributed by atoms with Crippen LogP contribution in [0.5, 0.6) is 5.75 Å². The number of nitrogens with one attached hydrogen (secondary N) is 1. The lowest BCUT2D eigenvalue weighted by Crippen LogP contribution is -2.23. The molecule has 0 aliphatic carbocycles. The Kier molecular flexibility index (Phi) is 6.40. The third-order valence-corrected chi connectivity index (χ3v) is 3.27. The van der Waals surface area contributed by atoms with Gasteiger partial charge in [-0.25, -0.2) is 9.18 Å². The smallest absolute Gasteiger partial charge is 0.344 e. The average molecular weight is 372 g/mol. The second-order valence-electron chi connectivity index (χ2n) is 4.58. The molecule has 2 aromatic carbocycles. The summed E-state index contributed by atoms with van der Waals surface area (Å²) in [6, 6.07) is 10.0. The van der Waals surface area contributed by atoms with Crippen molar-refractivity contribution in [1.82, 2.24) is 0 Å². The highest BCUT2D eigenvalue weighted by molar-refractivity contribution is 6.33. The van der Waals surface area contributed by atoms with E-state index in [1.807, 2.05) is 0 Å². The SMILES string of the molecule is O=C(COC(=O)COc1cccc(Cl)c1)Nc1ccc(F)cc1Cl. The summed E-state index contributed by atoms with van der Waals surface area (Å²) in [6.45, 7) is -0.892. The summed E-state index contributed by atoms with van der Waals surface area (Å²) in [7, 11) is 0. The standard InChI is InChI=1S/C16H12Cl2FNO4/c17-10-2-1-3-12(6-10)23-9-16(22)24-8-15(21)20-14-5-4-11(19)7-13(14)18/h1-7H,8-9H2,(H,20,21). The Hall–Kier alpha value is -2.31. The van der Waals surface area contributed by atoms with Crippen molar-refractivity contribution in [2.75, 3.05) is 18.5 Å². The minimum absolute atomic E-state index is 0.0407. The summed E-state index contributed by atoms with van der Waals surface area (Å²) < 4.78 is 22.8. The predicted octanol–water partition coefficient (Wildman–Crippen LogP) is 3.69. The molecule has 8 heteroatoms. The van der Waals surface area contributed by atoms with Crippen LogP contribution in [0, 0.1) is 5.82 Å². The predicted molar refractivity (Wildman–Crippen MR) is 87.9 cm³/mol. The van der Waals surface area contributed by atoms with Crippen molar-refractivity contribution in [3.63, 3.8) is 0 Å². The summed E-state index contributed by atoms with van der Waals surface area (Å²) in [5, 5.41) is 2.91. The molecule has 0 saturated carbocycles. The molecule has 0 aromatic heterocycles. The van der Waals surface area contributed by atoms with E-state index in [9.17, 15) is 14.0 Å². The van der Waals surface area contributed by atoms with Crippen LogP contribution < -0.4 is 10.1 Å². The number of esters is 1. The van der Waals surface area contributed by atoms with Gasteiger partial charge in [-0.1, -0.05) is 29.3 Å². The minimum atomic E-state index is -0.727. The molecule has 2 aromatic rings. The number of benzene rings is 2. The Labute approximate surface area is 147 Å². The first kappa shape index (κ1) is 18.0. The van der Waals surface area contributed by atoms with E-state index in [2.05, 4.69) is 5.32 Å². The van der Waals surface area contributed by atoms with Crippen molar-refractivity contribution >= 4 is 40.8 Å². The molecule has 5 nitrogen and oxygen atoms in total. The topological polar surface area (TPSA) is 64.6 Å². The average Bonchev–Trinajstić information content (AvgIpc) is 2.54. The van der Waals surface area contributed by atoms with Crippen LogP contribution in [-0.4, -0.2) is 25.1 Å². The first-order chi connectivity index (χ1) is 11.4. The molecule has 0 saturated heterocycles. The molecule has 0 heterocycles. The highest BCUT2D eigenvalue weighted by Gasteiger charge is 2.11. The number of anilines is 1. The Bertz CT molecular complexity index is 755. The maximum absolute atomic E-state index is 12.9. The number of hydrogen-bond acceptors (Lipinski definition) is 4. The number of ether oxygens (including phenoxy) is 2. The zero-order valence-corrected chi connectivity index (χ0v) is 13.7. The molecule has 0 radical (unpaired) electrons. The van der Waals surface area contributed by atoms with Gasteiger partial charge in [0.05, 0.1) is 10.7 Å². The molecule has 0 atom stereocenters. The molecule has 126 valence electrons. The zero-order valence-electron chi connectivity index (χ0n) is 12.2. The molecule has 0 aliphatic rings.